The molecule has 0 atom stereocenters. The van der Waals surface area contributed by atoms with Crippen molar-refractivity contribution in [1.82, 2.24) is 0 Å². The molecule has 1 N–H and O–H groups in total. The third-order valence-electron chi connectivity index (χ3n) is 3.19. The monoisotopic (exact) mass is 247 g/mol. The van der Waals surface area contributed by atoms with Crippen LogP contribution in [0.4, 0.5) is 5.69 Å². The summed E-state index contributed by atoms with van der Waals surface area (Å²) in [6.07, 6.45) is 5.26. The normalized spacial score (nSPS) is 12.1. The largest absolute Gasteiger partial charge is 0.494 e. The highest BCUT2D eigenvalue weighted by molar-refractivity contribution is 5.93. The SMILES string of the molecule is COc1cc2c(c(OC)c1NCCC(C)C)C=C2. The highest BCUT2D eigenvalue weighted by Crippen LogP contribution is 2.44. The summed E-state index contributed by atoms with van der Waals surface area (Å²) in [5.41, 5.74) is 3.30. The predicted octanol–water partition coefficient (Wildman–Crippen LogP) is 3.65. The molecule has 3 heteroatoms. The number of benzene rings is 1. The van der Waals surface area contributed by atoms with E-state index in [1.54, 1.807) is 14.2 Å². The summed E-state index contributed by atoms with van der Waals surface area (Å²) < 4.78 is 11.0. The van der Waals surface area contributed by atoms with Crippen molar-refractivity contribution >= 4 is 17.8 Å². The fourth-order valence-corrected chi connectivity index (χ4v) is 2.08. The van der Waals surface area contributed by atoms with E-state index in [0.717, 1.165) is 35.7 Å². The van der Waals surface area contributed by atoms with E-state index in [9.17, 15) is 0 Å². The van der Waals surface area contributed by atoms with Gasteiger partial charge in [-0.15, -0.1) is 0 Å². The van der Waals surface area contributed by atoms with E-state index in [1.807, 2.05) is 0 Å². The quantitative estimate of drug-likeness (QED) is 0.845. The third kappa shape index (κ3) is 2.30. The van der Waals surface area contributed by atoms with Gasteiger partial charge >= 0.3 is 0 Å². The van der Waals surface area contributed by atoms with E-state index in [4.69, 9.17) is 9.47 Å². The maximum Gasteiger partial charge on any atom is 0.153 e. The number of ether oxygens (including phenoxy) is 2. The number of rotatable bonds is 6. The Morgan fingerprint density at radius 3 is 2.44 bits per heavy atom. The van der Waals surface area contributed by atoms with Crippen molar-refractivity contribution in [3.63, 3.8) is 0 Å². The van der Waals surface area contributed by atoms with Crippen molar-refractivity contribution in [2.24, 2.45) is 5.92 Å². The molecule has 1 aliphatic carbocycles. The fraction of sp³-hybridized carbons (Fsp3) is 0.467. The van der Waals surface area contributed by atoms with Crippen LogP contribution in [-0.2, 0) is 0 Å². The van der Waals surface area contributed by atoms with Gasteiger partial charge in [-0.05, 0) is 30.0 Å². The topological polar surface area (TPSA) is 30.5 Å². The van der Waals surface area contributed by atoms with Crippen molar-refractivity contribution < 1.29 is 9.47 Å². The minimum Gasteiger partial charge on any atom is -0.494 e. The lowest BCUT2D eigenvalue weighted by Gasteiger charge is -2.22. The van der Waals surface area contributed by atoms with E-state index in [-0.39, 0.29) is 0 Å². The Labute approximate surface area is 109 Å². The number of methoxy groups -OCH3 is 2. The highest BCUT2D eigenvalue weighted by Gasteiger charge is 2.20. The average Bonchev–Trinajstić information content (AvgIpc) is 2.31. The summed E-state index contributed by atoms with van der Waals surface area (Å²) in [4.78, 5) is 0. The number of fused-ring (bicyclic) bond motifs is 1. The number of anilines is 1. The molecule has 98 valence electrons. The zero-order valence-corrected chi connectivity index (χ0v) is 11.5. The van der Waals surface area contributed by atoms with Crippen LogP contribution in [0.3, 0.4) is 0 Å². The van der Waals surface area contributed by atoms with Gasteiger partial charge in [0.25, 0.3) is 0 Å². The van der Waals surface area contributed by atoms with E-state index < -0.39 is 0 Å². The summed E-state index contributed by atoms with van der Waals surface area (Å²) >= 11 is 0. The minimum atomic E-state index is 0.682. The summed E-state index contributed by atoms with van der Waals surface area (Å²) in [6.45, 7) is 5.36. The first kappa shape index (κ1) is 12.8. The maximum atomic E-state index is 5.51. The zero-order chi connectivity index (χ0) is 13.1. The second kappa shape index (κ2) is 5.34. The van der Waals surface area contributed by atoms with Gasteiger partial charge in [0.2, 0.25) is 0 Å². The van der Waals surface area contributed by atoms with Crippen LogP contribution in [-0.4, -0.2) is 20.8 Å². The van der Waals surface area contributed by atoms with Gasteiger partial charge in [-0.2, -0.15) is 0 Å². The number of nitrogens with one attached hydrogen (secondary N) is 1. The Balaban J connectivity index is 2.24. The molecule has 1 aromatic carbocycles. The average molecular weight is 247 g/mol. The van der Waals surface area contributed by atoms with Gasteiger partial charge in [0, 0.05) is 12.1 Å². The van der Waals surface area contributed by atoms with Crippen LogP contribution in [0.5, 0.6) is 11.5 Å². The van der Waals surface area contributed by atoms with Gasteiger partial charge in [0.15, 0.2) is 5.75 Å². The smallest absolute Gasteiger partial charge is 0.153 e. The van der Waals surface area contributed by atoms with Crippen molar-refractivity contribution in [1.29, 1.82) is 0 Å². The molecule has 1 aromatic rings. The summed E-state index contributed by atoms with van der Waals surface area (Å²) in [7, 11) is 3.39. The number of hydrogen-bond donors (Lipinski definition) is 1. The van der Waals surface area contributed by atoms with Crippen LogP contribution in [0.1, 0.15) is 31.4 Å². The van der Waals surface area contributed by atoms with E-state index in [1.165, 1.54) is 5.56 Å². The van der Waals surface area contributed by atoms with Crippen molar-refractivity contribution in [3.05, 3.63) is 17.2 Å². The lowest BCUT2D eigenvalue weighted by Crippen LogP contribution is -2.09. The minimum absolute atomic E-state index is 0.682. The lowest BCUT2D eigenvalue weighted by atomic mass is 9.95. The molecule has 0 unspecified atom stereocenters. The lowest BCUT2D eigenvalue weighted by molar-refractivity contribution is 0.396. The standard InChI is InChI=1S/C15H21NO2/c1-10(2)7-8-16-14-13(17-3)9-11-5-6-12(11)15(14)18-4/h5-6,9-10,16H,7-8H2,1-4H3. The van der Waals surface area contributed by atoms with Crippen molar-refractivity contribution in [3.8, 4) is 11.5 Å². The second-order valence-corrected chi connectivity index (χ2v) is 4.93. The second-order valence-electron chi connectivity index (χ2n) is 4.93. The van der Waals surface area contributed by atoms with Crippen LogP contribution >= 0.6 is 0 Å². The van der Waals surface area contributed by atoms with E-state index in [0.29, 0.717) is 5.92 Å². The third-order valence-corrected chi connectivity index (χ3v) is 3.19. The summed E-state index contributed by atoms with van der Waals surface area (Å²) in [5, 5.41) is 3.43. The Hall–Kier alpha value is -1.64. The molecule has 0 heterocycles. The Morgan fingerprint density at radius 2 is 1.94 bits per heavy atom. The van der Waals surface area contributed by atoms with Gasteiger partial charge in [0.05, 0.1) is 14.2 Å². The molecule has 0 saturated heterocycles. The Kier molecular flexibility index (Phi) is 3.80. The first-order valence-electron chi connectivity index (χ1n) is 6.38. The Bertz CT molecular complexity index is 464. The van der Waals surface area contributed by atoms with Gasteiger partial charge in [0.1, 0.15) is 11.4 Å². The molecular weight excluding hydrogens is 226 g/mol. The number of hydrogen-bond acceptors (Lipinski definition) is 3. The van der Waals surface area contributed by atoms with Gasteiger partial charge in [-0.1, -0.05) is 19.9 Å². The molecule has 2 rings (SSSR count). The fourth-order valence-electron chi connectivity index (χ4n) is 2.08. The molecule has 0 aliphatic heterocycles. The molecule has 0 radical (unpaired) electrons. The molecule has 0 saturated carbocycles. The molecule has 0 amide bonds. The molecular formula is C15H21NO2. The molecule has 0 spiro atoms. The summed E-state index contributed by atoms with van der Waals surface area (Å²) in [5.74, 6) is 2.41. The molecule has 1 aliphatic rings. The predicted molar refractivity (Wildman–Crippen MR) is 76.4 cm³/mol. The molecule has 18 heavy (non-hydrogen) atoms. The summed E-state index contributed by atoms with van der Waals surface area (Å²) in [6, 6.07) is 2.05. The van der Waals surface area contributed by atoms with Crippen LogP contribution in [0.25, 0.3) is 12.2 Å². The van der Waals surface area contributed by atoms with Crippen molar-refractivity contribution in [2.75, 3.05) is 26.1 Å². The van der Waals surface area contributed by atoms with Crippen LogP contribution in [0, 0.1) is 5.92 Å². The maximum absolute atomic E-state index is 5.51. The first-order valence-corrected chi connectivity index (χ1v) is 6.38. The molecule has 3 nitrogen and oxygen atoms in total. The zero-order valence-electron chi connectivity index (χ0n) is 11.5. The van der Waals surface area contributed by atoms with Crippen LogP contribution < -0.4 is 14.8 Å². The van der Waals surface area contributed by atoms with E-state index >= 15 is 0 Å². The van der Waals surface area contributed by atoms with E-state index in [2.05, 4.69) is 37.4 Å². The first-order chi connectivity index (χ1) is 8.67. The van der Waals surface area contributed by atoms with Gasteiger partial charge < -0.3 is 14.8 Å². The van der Waals surface area contributed by atoms with Gasteiger partial charge in [-0.25, -0.2) is 0 Å². The van der Waals surface area contributed by atoms with Crippen LogP contribution in [0.2, 0.25) is 0 Å². The van der Waals surface area contributed by atoms with Crippen LogP contribution in [0.15, 0.2) is 6.07 Å². The van der Waals surface area contributed by atoms with Gasteiger partial charge in [-0.3, -0.25) is 0 Å². The highest BCUT2D eigenvalue weighted by atomic mass is 16.5. The van der Waals surface area contributed by atoms with Crippen molar-refractivity contribution in [2.45, 2.75) is 20.3 Å². The molecule has 0 fully saturated rings. The Morgan fingerprint density at radius 1 is 1.17 bits per heavy atom. The molecule has 0 aromatic heterocycles. The molecule has 0 bridgehead atoms.